The van der Waals surface area contributed by atoms with Crippen molar-refractivity contribution in [3.05, 3.63) is 36.5 Å². The lowest BCUT2D eigenvalue weighted by Gasteiger charge is -2.39. The van der Waals surface area contributed by atoms with Gasteiger partial charge in [-0.2, -0.15) is 5.10 Å². The highest BCUT2D eigenvalue weighted by Gasteiger charge is 2.34. The first-order valence-electron chi connectivity index (χ1n) is 8.04. The number of anilines is 1. The third-order valence-corrected chi connectivity index (χ3v) is 4.15. The molecule has 0 unspecified atom stereocenters. The van der Waals surface area contributed by atoms with E-state index in [1.165, 1.54) is 6.33 Å². The largest absolute Gasteiger partial charge is 0.386 e. The number of aromatic nitrogens is 4. The average Bonchev–Trinajstić information content (AvgIpc) is 3.06. The van der Waals surface area contributed by atoms with Gasteiger partial charge < -0.3 is 15.3 Å². The molecular weight excluding hydrogens is 308 g/mol. The number of nitrogens with zero attached hydrogens (tertiary/aromatic N) is 5. The van der Waals surface area contributed by atoms with Crippen molar-refractivity contribution in [2.24, 2.45) is 0 Å². The summed E-state index contributed by atoms with van der Waals surface area (Å²) < 4.78 is 1.55. The van der Waals surface area contributed by atoms with Crippen LogP contribution < -0.4 is 10.2 Å². The first-order chi connectivity index (χ1) is 11.5. The van der Waals surface area contributed by atoms with Crippen molar-refractivity contribution in [1.29, 1.82) is 0 Å². The first-order valence-corrected chi connectivity index (χ1v) is 8.04. The van der Waals surface area contributed by atoms with Crippen molar-refractivity contribution >= 4 is 11.7 Å². The lowest BCUT2D eigenvalue weighted by molar-refractivity contribution is -0.123. The maximum absolute atomic E-state index is 12.0. The van der Waals surface area contributed by atoms with Gasteiger partial charge in [0.05, 0.1) is 5.60 Å². The number of carbonyl (C=O) groups excluding carboxylic acids is 1. The fourth-order valence-corrected chi connectivity index (χ4v) is 2.93. The number of nitrogens with one attached hydrogen (secondary N) is 1. The Labute approximate surface area is 140 Å². The third-order valence-electron chi connectivity index (χ3n) is 4.15. The van der Waals surface area contributed by atoms with Gasteiger partial charge in [0, 0.05) is 43.8 Å². The number of hydrogen-bond donors (Lipinski definition) is 2. The van der Waals surface area contributed by atoms with Crippen LogP contribution in [-0.2, 0) is 11.3 Å². The Bertz CT molecular complexity index is 690. The smallest absolute Gasteiger partial charge is 0.241 e. The van der Waals surface area contributed by atoms with Crippen LogP contribution in [0.5, 0.6) is 0 Å². The zero-order chi connectivity index (χ0) is 17.0. The standard InChI is InChI=1S/C16H22N6O2/c1-13-8-14(19-12-18-13)21-6-2-4-16(24,11-21)10-17-15(23)9-22-7-3-5-20-22/h3,5,7-8,12,24H,2,4,6,9-11H2,1H3,(H,17,23)/t16-/m0/s1. The minimum atomic E-state index is -0.961. The summed E-state index contributed by atoms with van der Waals surface area (Å²) in [6.45, 7) is 3.55. The second kappa shape index (κ2) is 6.96. The van der Waals surface area contributed by atoms with Gasteiger partial charge >= 0.3 is 0 Å². The number of amides is 1. The molecule has 3 heterocycles. The summed E-state index contributed by atoms with van der Waals surface area (Å²) in [6, 6.07) is 3.67. The molecule has 0 radical (unpaired) electrons. The van der Waals surface area contributed by atoms with Gasteiger partial charge in [-0.25, -0.2) is 9.97 Å². The van der Waals surface area contributed by atoms with Gasteiger partial charge in [0.1, 0.15) is 18.7 Å². The zero-order valence-corrected chi connectivity index (χ0v) is 13.7. The molecule has 1 aliphatic rings. The molecule has 1 aliphatic heterocycles. The summed E-state index contributed by atoms with van der Waals surface area (Å²) >= 11 is 0. The molecule has 0 saturated carbocycles. The van der Waals surface area contributed by atoms with E-state index in [9.17, 15) is 9.90 Å². The summed E-state index contributed by atoms with van der Waals surface area (Å²) in [6.07, 6.45) is 6.38. The molecule has 2 aromatic heterocycles. The van der Waals surface area contributed by atoms with Crippen LogP contribution in [0.25, 0.3) is 0 Å². The average molecular weight is 330 g/mol. The number of rotatable bonds is 5. The number of carbonyl (C=O) groups is 1. The van der Waals surface area contributed by atoms with E-state index < -0.39 is 5.60 Å². The monoisotopic (exact) mass is 330 g/mol. The Morgan fingerprint density at radius 2 is 2.33 bits per heavy atom. The Hall–Kier alpha value is -2.48. The minimum absolute atomic E-state index is 0.151. The lowest BCUT2D eigenvalue weighted by Crippen LogP contribution is -2.54. The first kappa shape index (κ1) is 16.4. The summed E-state index contributed by atoms with van der Waals surface area (Å²) in [4.78, 5) is 22.4. The van der Waals surface area contributed by atoms with Gasteiger partial charge in [0.2, 0.25) is 5.91 Å². The SMILES string of the molecule is Cc1cc(N2CCC[C@](O)(CNC(=O)Cn3cccn3)C2)ncn1. The van der Waals surface area contributed by atoms with Crippen molar-refractivity contribution in [1.82, 2.24) is 25.1 Å². The van der Waals surface area contributed by atoms with Crippen molar-refractivity contribution in [2.45, 2.75) is 31.9 Å². The highest BCUT2D eigenvalue weighted by molar-refractivity contribution is 5.75. The topological polar surface area (TPSA) is 96.2 Å². The molecule has 1 amide bonds. The van der Waals surface area contributed by atoms with Gasteiger partial charge in [0.25, 0.3) is 0 Å². The number of aryl methyl sites for hydroxylation is 1. The van der Waals surface area contributed by atoms with Crippen molar-refractivity contribution < 1.29 is 9.90 Å². The second-order valence-electron chi connectivity index (χ2n) is 6.25. The molecule has 0 aromatic carbocycles. The van der Waals surface area contributed by atoms with E-state index in [-0.39, 0.29) is 19.0 Å². The molecule has 1 atom stereocenters. The maximum Gasteiger partial charge on any atom is 0.241 e. The maximum atomic E-state index is 12.0. The molecule has 8 nitrogen and oxygen atoms in total. The van der Waals surface area contributed by atoms with E-state index in [0.29, 0.717) is 13.0 Å². The molecule has 1 saturated heterocycles. The molecule has 2 N–H and O–H groups in total. The predicted octanol–water partition coefficient (Wildman–Crippen LogP) is 0.129. The second-order valence-corrected chi connectivity index (χ2v) is 6.25. The van der Waals surface area contributed by atoms with Gasteiger partial charge in [-0.1, -0.05) is 0 Å². The normalized spacial score (nSPS) is 20.8. The molecule has 2 aromatic rings. The van der Waals surface area contributed by atoms with Crippen LogP contribution in [-0.4, -0.2) is 56.0 Å². The van der Waals surface area contributed by atoms with Crippen molar-refractivity contribution in [3.63, 3.8) is 0 Å². The molecule has 0 aliphatic carbocycles. The molecule has 3 rings (SSSR count). The van der Waals surface area contributed by atoms with Crippen LogP contribution in [0, 0.1) is 6.92 Å². The van der Waals surface area contributed by atoms with Crippen LogP contribution in [0.3, 0.4) is 0 Å². The van der Waals surface area contributed by atoms with Crippen LogP contribution in [0.15, 0.2) is 30.9 Å². The lowest BCUT2D eigenvalue weighted by atomic mass is 9.92. The van der Waals surface area contributed by atoms with Crippen LogP contribution in [0.4, 0.5) is 5.82 Å². The summed E-state index contributed by atoms with van der Waals surface area (Å²) in [5.74, 6) is 0.644. The van der Waals surface area contributed by atoms with Crippen LogP contribution in [0.2, 0.25) is 0 Å². The van der Waals surface area contributed by atoms with Gasteiger partial charge in [-0.15, -0.1) is 0 Å². The van der Waals surface area contributed by atoms with E-state index >= 15 is 0 Å². The Kier molecular flexibility index (Phi) is 4.75. The number of β-amino-alcohol motifs (C(OH)–C–C–N with tert-alkyl or cyclic N) is 1. The van der Waals surface area contributed by atoms with E-state index in [1.807, 2.05) is 17.9 Å². The van der Waals surface area contributed by atoms with Gasteiger partial charge in [-0.3, -0.25) is 9.48 Å². The fourth-order valence-electron chi connectivity index (χ4n) is 2.93. The van der Waals surface area contributed by atoms with Crippen LogP contribution in [0.1, 0.15) is 18.5 Å². The molecule has 24 heavy (non-hydrogen) atoms. The van der Waals surface area contributed by atoms with Gasteiger partial charge in [0.15, 0.2) is 0 Å². The molecule has 1 fully saturated rings. The van der Waals surface area contributed by atoms with E-state index in [4.69, 9.17) is 0 Å². The quantitative estimate of drug-likeness (QED) is 0.809. The van der Waals surface area contributed by atoms with Gasteiger partial charge in [-0.05, 0) is 25.8 Å². The fraction of sp³-hybridized carbons (Fsp3) is 0.500. The van der Waals surface area contributed by atoms with Crippen molar-refractivity contribution in [3.8, 4) is 0 Å². The predicted molar refractivity (Wildman–Crippen MR) is 88.4 cm³/mol. The van der Waals surface area contributed by atoms with Crippen molar-refractivity contribution in [2.75, 3.05) is 24.5 Å². The molecule has 128 valence electrons. The minimum Gasteiger partial charge on any atom is -0.386 e. The summed E-state index contributed by atoms with van der Waals surface area (Å²) in [5, 5.41) is 17.6. The number of hydrogen-bond acceptors (Lipinski definition) is 6. The highest BCUT2D eigenvalue weighted by atomic mass is 16.3. The number of aliphatic hydroxyl groups is 1. The molecule has 0 spiro atoms. The van der Waals surface area contributed by atoms with E-state index in [2.05, 4.69) is 20.4 Å². The summed E-state index contributed by atoms with van der Waals surface area (Å²) in [7, 11) is 0. The van der Waals surface area contributed by atoms with E-state index in [1.54, 1.807) is 23.1 Å². The Balaban J connectivity index is 1.57. The third kappa shape index (κ3) is 4.08. The molecule has 0 bridgehead atoms. The van der Waals surface area contributed by atoms with E-state index in [0.717, 1.165) is 24.5 Å². The Morgan fingerprint density at radius 3 is 3.08 bits per heavy atom. The summed E-state index contributed by atoms with van der Waals surface area (Å²) in [5.41, 5.74) is -0.0710. The number of piperidine rings is 1. The zero-order valence-electron chi connectivity index (χ0n) is 13.7. The Morgan fingerprint density at radius 1 is 1.46 bits per heavy atom. The van der Waals surface area contributed by atoms with Crippen LogP contribution >= 0.6 is 0 Å². The molecule has 8 heteroatoms. The highest BCUT2D eigenvalue weighted by Crippen LogP contribution is 2.24. The molecular formula is C16H22N6O2.